The normalized spacial score (nSPS) is 10.5. The van der Waals surface area contributed by atoms with E-state index in [0.29, 0.717) is 14.8 Å². The second-order valence-corrected chi connectivity index (χ2v) is 7.32. The van der Waals surface area contributed by atoms with Crippen LogP contribution >= 0.6 is 23.1 Å². The molecular formula is C16H11FN4O3S2. The van der Waals surface area contributed by atoms with Crippen LogP contribution < -0.4 is 5.32 Å². The first-order valence-electron chi connectivity index (χ1n) is 7.26. The number of halogens is 1. The Bertz CT molecular complexity index is 993. The molecule has 10 heteroatoms. The van der Waals surface area contributed by atoms with Crippen LogP contribution in [0.1, 0.15) is 15.4 Å². The summed E-state index contributed by atoms with van der Waals surface area (Å²) in [5.41, 5.74) is -0.179. The molecule has 1 aromatic heterocycles. The molecule has 7 nitrogen and oxygen atoms in total. The standard InChI is InChI=1S/C16H11FN4O3S2/c1-9-19-20-16(25-9)18-15(22)11-8-10(21(23)24)6-7-13(11)26-14-5-3-2-4-12(14)17/h2-8H,1H3,(H,18,20,22). The first kappa shape index (κ1) is 18.0. The van der Waals surface area contributed by atoms with Crippen molar-refractivity contribution in [2.75, 3.05) is 5.32 Å². The predicted octanol–water partition coefficient (Wildman–Crippen LogP) is 4.30. The molecule has 1 amide bonds. The van der Waals surface area contributed by atoms with Gasteiger partial charge in [-0.2, -0.15) is 0 Å². The van der Waals surface area contributed by atoms with Gasteiger partial charge in [-0.3, -0.25) is 20.2 Å². The Kier molecular flexibility index (Phi) is 5.24. The maximum Gasteiger partial charge on any atom is 0.270 e. The summed E-state index contributed by atoms with van der Waals surface area (Å²) >= 11 is 2.19. The van der Waals surface area contributed by atoms with Gasteiger partial charge in [0, 0.05) is 21.9 Å². The number of rotatable bonds is 5. The molecule has 26 heavy (non-hydrogen) atoms. The molecule has 0 saturated heterocycles. The van der Waals surface area contributed by atoms with Gasteiger partial charge in [-0.05, 0) is 25.1 Å². The largest absolute Gasteiger partial charge is 0.296 e. The van der Waals surface area contributed by atoms with Crippen LogP contribution in [0.4, 0.5) is 15.2 Å². The topological polar surface area (TPSA) is 98.0 Å². The number of amides is 1. The van der Waals surface area contributed by atoms with Crippen LogP contribution in [0, 0.1) is 22.9 Å². The second kappa shape index (κ2) is 7.58. The highest BCUT2D eigenvalue weighted by Gasteiger charge is 2.19. The van der Waals surface area contributed by atoms with E-state index in [-0.39, 0.29) is 16.4 Å². The minimum Gasteiger partial charge on any atom is -0.296 e. The lowest BCUT2D eigenvalue weighted by molar-refractivity contribution is -0.384. The Labute approximate surface area is 155 Å². The van der Waals surface area contributed by atoms with E-state index in [1.807, 2.05) is 0 Å². The van der Waals surface area contributed by atoms with Gasteiger partial charge in [0.1, 0.15) is 10.8 Å². The average molecular weight is 390 g/mol. The Morgan fingerprint density at radius 3 is 2.65 bits per heavy atom. The highest BCUT2D eigenvalue weighted by molar-refractivity contribution is 7.99. The third kappa shape index (κ3) is 4.03. The third-order valence-electron chi connectivity index (χ3n) is 3.22. The van der Waals surface area contributed by atoms with E-state index in [4.69, 9.17) is 0 Å². The lowest BCUT2D eigenvalue weighted by Crippen LogP contribution is -2.13. The van der Waals surface area contributed by atoms with Gasteiger partial charge in [0.2, 0.25) is 5.13 Å². The summed E-state index contributed by atoms with van der Waals surface area (Å²) < 4.78 is 13.9. The molecule has 0 saturated carbocycles. The first-order chi connectivity index (χ1) is 12.4. The molecule has 0 unspecified atom stereocenters. The number of hydrogen-bond acceptors (Lipinski definition) is 7. The van der Waals surface area contributed by atoms with Crippen LogP contribution in [-0.4, -0.2) is 21.0 Å². The van der Waals surface area contributed by atoms with Gasteiger partial charge >= 0.3 is 0 Å². The number of aryl methyl sites for hydroxylation is 1. The van der Waals surface area contributed by atoms with E-state index in [2.05, 4.69) is 15.5 Å². The molecule has 0 aliphatic heterocycles. The molecule has 0 spiro atoms. The molecule has 0 aliphatic carbocycles. The van der Waals surface area contributed by atoms with Gasteiger partial charge in [0.05, 0.1) is 10.5 Å². The fraction of sp³-hybridized carbons (Fsp3) is 0.0625. The number of non-ortho nitro benzene ring substituents is 1. The van der Waals surface area contributed by atoms with Crippen molar-refractivity contribution in [3.05, 3.63) is 69.0 Å². The Morgan fingerprint density at radius 1 is 1.23 bits per heavy atom. The summed E-state index contributed by atoms with van der Waals surface area (Å²) in [7, 11) is 0. The molecule has 0 bridgehead atoms. The highest BCUT2D eigenvalue weighted by Crippen LogP contribution is 2.34. The van der Waals surface area contributed by atoms with Crippen LogP contribution in [0.5, 0.6) is 0 Å². The number of carbonyl (C=O) groups excluding carboxylic acids is 1. The van der Waals surface area contributed by atoms with Crippen LogP contribution in [0.15, 0.2) is 52.3 Å². The van der Waals surface area contributed by atoms with Gasteiger partial charge in [0.25, 0.3) is 11.6 Å². The number of nitrogens with zero attached hydrogens (tertiary/aromatic N) is 3. The van der Waals surface area contributed by atoms with E-state index in [9.17, 15) is 19.3 Å². The summed E-state index contributed by atoms with van der Waals surface area (Å²) in [5, 5.41) is 22.2. The summed E-state index contributed by atoms with van der Waals surface area (Å²) in [6.07, 6.45) is 0. The van der Waals surface area contributed by atoms with Crippen LogP contribution in [0.3, 0.4) is 0 Å². The van der Waals surface area contributed by atoms with Crippen molar-refractivity contribution in [2.45, 2.75) is 16.7 Å². The molecule has 1 heterocycles. The fourth-order valence-electron chi connectivity index (χ4n) is 2.06. The molecule has 0 aliphatic rings. The van der Waals surface area contributed by atoms with Crippen LogP contribution in [0.25, 0.3) is 0 Å². The number of carbonyl (C=O) groups is 1. The van der Waals surface area contributed by atoms with Gasteiger partial charge < -0.3 is 0 Å². The Hall–Kier alpha value is -2.85. The van der Waals surface area contributed by atoms with Crippen LogP contribution in [0.2, 0.25) is 0 Å². The first-order valence-corrected chi connectivity index (χ1v) is 8.89. The lowest BCUT2D eigenvalue weighted by Gasteiger charge is -2.09. The minimum absolute atomic E-state index is 0.0558. The number of nitro groups is 1. The zero-order chi connectivity index (χ0) is 18.7. The number of nitro benzene ring substituents is 1. The van der Waals surface area contributed by atoms with E-state index in [1.165, 1.54) is 29.5 Å². The van der Waals surface area contributed by atoms with Crippen molar-refractivity contribution in [1.82, 2.24) is 10.2 Å². The van der Waals surface area contributed by atoms with Crippen molar-refractivity contribution in [3.8, 4) is 0 Å². The van der Waals surface area contributed by atoms with Crippen molar-refractivity contribution >= 4 is 39.8 Å². The number of anilines is 1. The van der Waals surface area contributed by atoms with Gasteiger partial charge in [-0.25, -0.2) is 4.39 Å². The number of nitrogens with one attached hydrogen (secondary N) is 1. The zero-order valence-corrected chi connectivity index (χ0v) is 14.9. The molecule has 132 valence electrons. The van der Waals surface area contributed by atoms with E-state index >= 15 is 0 Å². The van der Waals surface area contributed by atoms with Crippen molar-refractivity contribution in [3.63, 3.8) is 0 Å². The molecule has 3 rings (SSSR count). The van der Waals surface area contributed by atoms with Crippen LogP contribution in [-0.2, 0) is 0 Å². The third-order valence-corrected chi connectivity index (χ3v) is 5.10. The molecule has 3 aromatic rings. The molecule has 0 radical (unpaired) electrons. The smallest absolute Gasteiger partial charge is 0.270 e. The minimum atomic E-state index is -0.594. The number of aromatic nitrogens is 2. The summed E-state index contributed by atoms with van der Waals surface area (Å²) in [6.45, 7) is 1.74. The lowest BCUT2D eigenvalue weighted by atomic mass is 10.2. The quantitative estimate of drug-likeness (QED) is 0.515. The van der Waals surface area contributed by atoms with E-state index < -0.39 is 16.6 Å². The zero-order valence-electron chi connectivity index (χ0n) is 13.3. The van der Waals surface area contributed by atoms with Gasteiger partial charge in [0.15, 0.2) is 0 Å². The molecule has 0 fully saturated rings. The number of benzene rings is 2. The molecular weight excluding hydrogens is 379 g/mol. The molecule has 2 aromatic carbocycles. The SMILES string of the molecule is Cc1nnc(NC(=O)c2cc([N+](=O)[O-])ccc2Sc2ccccc2F)s1. The maximum absolute atomic E-state index is 13.9. The summed E-state index contributed by atoms with van der Waals surface area (Å²) in [4.78, 5) is 23.7. The Balaban J connectivity index is 1.97. The predicted molar refractivity (Wildman–Crippen MR) is 96.2 cm³/mol. The summed E-state index contributed by atoms with van der Waals surface area (Å²) in [6, 6.07) is 9.95. The molecule has 0 atom stereocenters. The fourth-order valence-corrected chi connectivity index (χ4v) is 3.59. The van der Waals surface area contributed by atoms with Crippen molar-refractivity contribution in [2.24, 2.45) is 0 Å². The van der Waals surface area contributed by atoms with Gasteiger partial charge in [-0.15, -0.1) is 10.2 Å². The Morgan fingerprint density at radius 2 is 2.00 bits per heavy atom. The second-order valence-electron chi connectivity index (χ2n) is 5.05. The number of hydrogen-bond donors (Lipinski definition) is 1. The van der Waals surface area contributed by atoms with E-state index in [0.717, 1.165) is 17.8 Å². The summed E-state index contributed by atoms with van der Waals surface area (Å²) in [5.74, 6) is -1.02. The van der Waals surface area contributed by atoms with Gasteiger partial charge in [-0.1, -0.05) is 35.2 Å². The monoisotopic (exact) mass is 390 g/mol. The highest BCUT2D eigenvalue weighted by atomic mass is 32.2. The maximum atomic E-state index is 13.9. The van der Waals surface area contributed by atoms with Crippen molar-refractivity contribution < 1.29 is 14.1 Å². The van der Waals surface area contributed by atoms with E-state index in [1.54, 1.807) is 25.1 Å². The van der Waals surface area contributed by atoms with Crippen molar-refractivity contribution in [1.29, 1.82) is 0 Å². The molecule has 1 N–H and O–H groups in total. The average Bonchev–Trinajstić information content (AvgIpc) is 3.01.